The molecule has 0 aromatic heterocycles. The number of aliphatic hydroxyl groups is 1. The number of benzene rings is 2. The molecule has 3 rings (SSSR count). The van der Waals surface area contributed by atoms with Gasteiger partial charge in [0.1, 0.15) is 0 Å². The number of sulfonamides is 1. The quantitative estimate of drug-likeness (QED) is 0.262. The summed E-state index contributed by atoms with van der Waals surface area (Å²) in [6.45, 7) is 5.81. The van der Waals surface area contributed by atoms with Crippen molar-refractivity contribution >= 4 is 16.1 Å². The van der Waals surface area contributed by atoms with Crippen LogP contribution in [0.25, 0.3) is 0 Å². The van der Waals surface area contributed by atoms with Gasteiger partial charge in [-0.25, -0.2) is 13.2 Å². The van der Waals surface area contributed by atoms with Crippen molar-refractivity contribution in [1.82, 2.24) is 9.79 Å². The number of ether oxygens (including phenoxy) is 2. The fourth-order valence-corrected chi connectivity index (χ4v) is 5.39. The van der Waals surface area contributed by atoms with Gasteiger partial charge in [0.25, 0.3) is 10.0 Å². The Hall–Kier alpha value is -2.86. The van der Waals surface area contributed by atoms with Crippen LogP contribution >= 0.6 is 0 Å². The van der Waals surface area contributed by atoms with Gasteiger partial charge < -0.3 is 30.5 Å². The third-order valence-electron chi connectivity index (χ3n) is 6.14. The number of amides is 1. The summed E-state index contributed by atoms with van der Waals surface area (Å²) >= 11 is 0. The number of carbonyl (C=O) groups excluding carboxylic acids is 1. The van der Waals surface area contributed by atoms with E-state index in [-0.39, 0.29) is 18.2 Å². The maximum absolute atomic E-state index is 13.6. The number of nitrogens with two attached hydrogens (primary N) is 1. The highest BCUT2D eigenvalue weighted by Gasteiger charge is 2.35. The Morgan fingerprint density at radius 2 is 1.86 bits per heavy atom. The molecule has 0 radical (unpaired) electrons. The van der Waals surface area contributed by atoms with Gasteiger partial charge in [0, 0.05) is 6.07 Å². The second-order valence-electron chi connectivity index (χ2n) is 9.95. The van der Waals surface area contributed by atoms with Crippen LogP contribution < -0.4 is 20.5 Å². The molecule has 0 spiro atoms. The summed E-state index contributed by atoms with van der Waals surface area (Å²) in [7, 11) is -4.27. The number of aliphatic hydroxyl groups excluding tert-OH is 1. The van der Waals surface area contributed by atoms with Crippen LogP contribution in [0.3, 0.4) is 0 Å². The lowest BCUT2D eigenvalue weighted by atomic mass is 9.87. The van der Waals surface area contributed by atoms with E-state index in [1.807, 2.05) is 44.2 Å². The minimum absolute atomic E-state index is 0.00221. The molecule has 0 fully saturated rings. The fraction of sp³-hybridized carbons (Fsp3) is 0.500. The van der Waals surface area contributed by atoms with E-state index in [0.717, 1.165) is 18.4 Å². The molecule has 204 valence electrons. The highest BCUT2D eigenvalue weighted by molar-refractivity contribution is 7.89. The third kappa shape index (κ3) is 8.06. The molecule has 2 atom stereocenters. The van der Waals surface area contributed by atoms with Crippen LogP contribution in [0.1, 0.15) is 45.6 Å². The molecule has 0 saturated carbocycles. The second-order valence-corrected chi connectivity index (χ2v) is 11.8. The molecule has 2 unspecified atom stereocenters. The lowest BCUT2D eigenvalue weighted by Crippen LogP contribution is -2.48. The maximum atomic E-state index is 13.6. The Morgan fingerprint density at radius 1 is 1.16 bits per heavy atom. The van der Waals surface area contributed by atoms with E-state index in [9.17, 15) is 18.3 Å². The Labute approximate surface area is 218 Å². The van der Waals surface area contributed by atoms with Crippen molar-refractivity contribution in [3.63, 3.8) is 0 Å². The average Bonchev–Trinajstić information content (AvgIpc) is 3.32. The predicted octanol–water partition coefficient (Wildman–Crippen LogP) is 3.19. The molecule has 11 heteroatoms. The molecule has 1 aliphatic rings. The smallest absolute Gasteiger partial charge is 0.427 e. The van der Waals surface area contributed by atoms with Crippen molar-refractivity contribution in [2.75, 3.05) is 19.9 Å². The Morgan fingerprint density at radius 3 is 2.54 bits per heavy atom. The van der Waals surface area contributed by atoms with Crippen LogP contribution in [0.15, 0.2) is 53.4 Å². The van der Waals surface area contributed by atoms with Crippen LogP contribution in [0.4, 0.5) is 4.79 Å². The first-order valence-electron chi connectivity index (χ1n) is 12.3. The SMILES string of the molecule is CC(O)C(Cc1ccccc1)NC(=O)ON(CC(C)(C)CCCCN)S(=O)(=O)c1ccc2c(c1)OCO2. The van der Waals surface area contributed by atoms with E-state index < -0.39 is 33.7 Å². The standard InChI is InChI=1S/C26H37N3O7S/c1-19(30)22(15-20-9-5-4-6-10-20)28-25(31)36-29(17-26(2,3)13-7-8-14-27)37(32,33)21-11-12-23-24(16-21)35-18-34-23/h4-6,9-12,16,19,22,30H,7-8,13-15,17-18,27H2,1-3H3,(H,28,31). The van der Waals surface area contributed by atoms with Gasteiger partial charge in [-0.15, -0.1) is 0 Å². The summed E-state index contributed by atoms with van der Waals surface area (Å²) < 4.78 is 38.6. The van der Waals surface area contributed by atoms with E-state index in [1.54, 1.807) is 6.92 Å². The van der Waals surface area contributed by atoms with E-state index in [2.05, 4.69) is 5.32 Å². The lowest BCUT2D eigenvalue weighted by molar-refractivity contribution is -0.0473. The number of nitrogens with zero attached hydrogens (tertiary/aromatic N) is 1. The van der Waals surface area contributed by atoms with E-state index in [0.29, 0.717) is 35.4 Å². The Balaban J connectivity index is 1.82. The Kier molecular flexibility index (Phi) is 9.77. The summed E-state index contributed by atoms with van der Waals surface area (Å²) in [5.74, 6) is 0.733. The van der Waals surface area contributed by atoms with Crippen molar-refractivity contribution in [1.29, 1.82) is 0 Å². The molecule has 0 bridgehead atoms. The predicted molar refractivity (Wildman–Crippen MR) is 138 cm³/mol. The number of unbranched alkanes of at least 4 members (excludes halogenated alkanes) is 1. The summed E-state index contributed by atoms with van der Waals surface area (Å²) in [5.41, 5.74) is 6.00. The van der Waals surface area contributed by atoms with E-state index in [1.165, 1.54) is 18.2 Å². The molecule has 10 nitrogen and oxygen atoms in total. The third-order valence-corrected chi connectivity index (χ3v) is 7.73. The molecule has 1 amide bonds. The Bertz CT molecular complexity index is 1140. The first-order chi connectivity index (χ1) is 17.5. The van der Waals surface area contributed by atoms with Gasteiger partial charge in [0.15, 0.2) is 11.5 Å². The number of hydrogen-bond acceptors (Lipinski definition) is 8. The number of fused-ring (bicyclic) bond motifs is 1. The fourth-order valence-electron chi connectivity index (χ4n) is 3.98. The van der Waals surface area contributed by atoms with Crippen LogP contribution in [0, 0.1) is 5.41 Å². The van der Waals surface area contributed by atoms with Gasteiger partial charge in [-0.3, -0.25) is 0 Å². The summed E-state index contributed by atoms with van der Waals surface area (Å²) in [5, 5.41) is 12.9. The average molecular weight is 536 g/mol. The molecule has 4 N–H and O–H groups in total. The summed E-state index contributed by atoms with van der Waals surface area (Å²) in [6, 6.07) is 12.9. The molecule has 0 aliphatic carbocycles. The number of nitrogens with one attached hydrogen (secondary N) is 1. The van der Waals surface area contributed by atoms with Crippen LogP contribution in [-0.4, -0.2) is 56.1 Å². The molecular formula is C26H37N3O7S. The van der Waals surface area contributed by atoms with Gasteiger partial charge >= 0.3 is 6.09 Å². The zero-order valence-corrected chi connectivity index (χ0v) is 22.4. The van der Waals surface area contributed by atoms with Crippen molar-refractivity contribution in [2.24, 2.45) is 11.1 Å². The topological polar surface area (TPSA) is 140 Å². The first-order valence-corrected chi connectivity index (χ1v) is 13.8. The molecule has 1 heterocycles. The van der Waals surface area contributed by atoms with Crippen molar-refractivity contribution < 1.29 is 32.6 Å². The highest BCUT2D eigenvalue weighted by atomic mass is 32.2. The molecule has 2 aromatic carbocycles. The molecule has 1 aliphatic heterocycles. The van der Waals surface area contributed by atoms with Crippen LogP contribution in [0.2, 0.25) is 0 Å². The lowest BCUT2D eigenvalue weighted by Gasteiger charge is -2.31. The van der Waals surface area contributed by atoms with Crippen molar-refractivity contribution in [2.45, 2.75) is 63.5 Å². The molecular weight excluding hydrogens is 498 g/mol. The largest absolute Gasteiger partial charge is 0.454 e. The molecule has 37 heavy (non-hydrogen) atoms. The monoisotopic (exact) mass is 535 g/mol. The van der Waals surface area contributed by atoms with E-state index in [4.69, 9.17) is 20.0 Å². The highest BCUT2D eigenvalue weighted by Crippen LogP contribution is 2.35. The van der Waals surface area contributed by atoms with Gasteiger partial charge in [-0.05, 0) is 60.3 Å². The number of hydrogen-bond donors (Lipinski definition) is 3. The number of carbonyl (C=O) groups is 1. The molecule has 0 saturated heterocycles. The van der Waals surface area contributed by atoms with Gasteiger partial charge in [0.05, 0.1) is 23.6 Å². The second kappa shape index (κ2) is 12.6. The summed E-state index contributed by atoms with van der Waals surface area (Å²) in [6.07, 6.45) is 0.729. The minimum Gasteiger partial charge on any atom is -0.454 e. The summed E-state index contributed by atoms with van der Waals surface area (Å²) in [4.78, 5) is 18.3. The molecule has 2 aromatic rings. The van der Waals surface area contributed by atoms with Crippen LogP contribution in [0.5, 0.6) is 11.5 Å². The van der Waals surface area contributed by atoms with Crippen LogP contribution in [-0.2, 0) is 21.3 Å². The number of rotatable bonds is 13. The normalized spacial score (nSPS) is 14.9. The van der Waals surface area contributed by atoms with E-state index >= 15 is 0 Å². The zero-order valence-electron chi connectivity index (χ0n) is 21.6. The van der Waals surface area contributed by atoms with Crippen molar-refractivity contribution in [3.8, 4) is 11.5 Å². The maximum Gasteiger partial charge on any atom is 0.427 e. The van der Waals surface area contributed by atoms with Gasteiger partial charge in [-0.1, -0.05) is 50.6 Å². The number of hydroxylamine groups is 1. The van der Waals surface area contributed by atoms with Gasteiger partial charge in [0.2, 0.25) is 6.79 Å². The van der Waals surface area contributed by atoms with Gasteiger partial charge in [-0.2, -0.15) is 0 Å². The minimum atomic E-state index is -4.27. The first kappa shape index (κ1) is 28.7. The van der Waals surface area contributed by atoms with Crippen molar-refractivity contribution in [3.05, 3.63) is 54.1 Å². The zero-order chi connectivity index (χ0) is 27.1.